The fourth-order valence-electron chi connectivity index (χ4n) is 3.94. The Labute approximate surface area is 134 Å². The van der Waals surface area contributed by atoms with Crippen molar-refractivity contribution >= 4 is 17.1 Å². The Morgan fingerprint density at radius 3 is 3.00 bits per heavy atom. The van der Waals surface area contributed by atoms with Crippen LogP contribution >= 0.6 is 0 Å². The smallest absolute Gasteiger partial charge is 0.298 e. The van der Waals surface area contributed by atoms with Crippen molar-refractivity contribution in [2.45, 2.75) is 38.1 Å². The third-order valence-corrected chi connectivity index (χ3v) is 5.17. The summed E-state index contributed by atoms with van der Waals surface area (Å²) in [6.07, 6.45) is 8.07. The first-order chi connectivity index (χ1) is 11.4. The molecule has 118 valence electrons. The maximum atomic E-state index is 5.92. The third kappa shape index (κ3) is 2.14. The number of anilines is 1. The van der Waals surface area contributed by atoms with Crippen molar-refractivity contribution in [3.05, 3.63) is 42.0 Å². The number of oxazole rings is 1. The van der Waals surface area contributed by atoms with E-state index in [9.17, 15) is 0 Å². The summed E-state index contributed by atoms with van der Waals surface area (Å²) in [5.74, 6) is 0. The highest BCUT2D eigenvalue weighted by atomic mass is 16.4. The minimum absolute atomic E-state index is 0.486. The Morgan fingerprint density at radius 2 is 2.04 bits per heavy atom. The highest BCUT2D eigenvalue weighted by Gasteiger charge is 2.29. The van der Waals surface area contributed by atoms with Gasteiger partial charge in [-0.25, -0.2) is 4.98 Å². The number of para-hydroxylation sites is 2. The number of aryl methyl sites for hydroxylation is 1. The van der Waals surface area contributed by atoms with Crippen molar-refractivity contribution in [3.8, 4) is 0 Å². The summed E-state index contributed by atoms with van der Waals surface area (Å²) >= 11 is 0. The zero-order valence-corrected chi connectivity index (χ0v) is 13.1. The van der Waals surface area contributed by atoms with Gasteiger partial charge in [-0.15, -0.1) is 0 Å². The van der Waals surface area contributed by atoms with E-state index in [0.717, 1.165) is 43.0 Å². The highest BCUT2D eigenvalue weighted by Crippen LogP contribution is 2.31. The van der Waals surface area contributed by atoms with E-state index >= 15 is 0 Å². The molecule has 0 spiro atoms. The Kier molecular flexibility index (Phi) is 2.93. The first-order valence-corrected chi connectivity index (χ1v) is 8.53. The minimum atomic E-state index is 0.486. The van der Waals surface area contributed by atoms with Gasteiger partial charge in [0.15, 0.2) is 5.58 Å². The molecule has 0 radical (unpaired) electrons. The van der Waals surface area contributed by atoms with Gasteiger partial charge in [0, 0.05) is 18.8 Å². The molecular formula is C18H20N4O. The maximum Gasteiger partial charge on any atom is 0.298 e. The monoisotopic (exact) mass is 308 g/mol. The van der Waals surface area contributed by atoms with Gasteiger partial charge in [0.05, 0.1) is 18.1 Å². The molecule has 0 bridgehead atoms. The largest absolute Gasteiger partial charge is 0.423 e. The van der Waals surface area contributed by atoms with Gasteiger partial charge in [0.25, 0.3) is 6.01 Å². The zero-order valence-electron chi connectivity index (χ0n) is 13.1. The fourth-order valence-corrected chi connectivity index (χ4v) is 3.94. The molecule has 0 N–H and O–H groups in total. The topological polar surface area (TPSA) is 47.1 Å². The van der Waals surface area contributed by atoms with E-state index in [0.29, 0.717) is 6.04 Å². The molecular weight excluding hydrogens is 288 g/mol. The summed E-state index contributed by atoms with van der Waals surface area (Å²) in [6.45, 7) is 1.94. The second-order valence-corrected chi connectivity index (χ2v) is 6.61. The summed E-state index contributed by atoms with van der Waals surface area (Å²) in [5.41, 5.74) is 4.58. The molecule has 3 heterocycles. The second kappa shape index (κ2) is 5.11. The van der Waals surface area contributed by atoms with Gasteiger partial charge in [-0.05, 0) is 44.2 Å². The van der Waals surface area contributed by atoms with Crippen LogP contribution < -0.4 is 4.90 Å². The Hall–Kier alpha value is -2.30. The van der Waals surface area contributed by atoms with Crippen LogP contribution in [-0.4, -0.2) is 27.6 Å². The van der Waals surface area contributed by atoms with Crippen molar-refractivity contribution in [3.63, 3.8) is 0 Å². The number of rotatable bonds is 2. The molecule has 5 rings (SSSR count). The molecule has 23 heavy (non-hydrogen) atoms. The van der Waals surface area contributed by atoms with Crippen molar-refractivity contribution in [1.82, 2.24) is 14.5 Å². The number of benzene rings is 1. The van der Waals surface area contributed by atoms with Crippen LogP contribution in [0.2, 0.25) is 0 Å². The molecule has 1 aliphatic carbocycles. The standard InChI is InChI=1S/C18H20N4O/c1-3-7-16-14(5-1)19-12-22(16)13-9-10-21(11-13)18-20-15-6-2-4-8-17(15)23-18/h2,4,6,8,12-13H,1,3,5,7,9-11H2. The van der Waals surface area contributed by atoms with Gasteiger partial charge in [0.2, 0.25) is 0 Å². The highest BCUT2D eigenvalue weighted by molar-refractivity contribution is 5.74. The Bertz CT molecular complexity index is 817. The predicted molar refractivity (Wildman–Crippen MR) is 88.7 cm³/mol. The van der Waals surface area contributed by atoms with E-state index in [1.807, 2.05) is 24.3 Å². The molecule has 5 nitrogen and oxygen atoms in total. The minimum Gasteiger partial charge on any atom is -0.423 e. The summed E-state index contributed by atoms with van der Waals surface area (Å²) in [6, 6.07) is 9.21. The van der Waals surface area contributed by atoms with Crippen LogP contribution in [0.1, 0.15) is 36.7 Å². The van der Waals surface area contributed by atoms with E-state index in [4.69, 9.17) is 4.42 Å². The van der Waals surface area contributed by atoms with Gasteiger partial charge in [-0.1, -0.05) is 12.1 Å². The van der Waals surface area contributed by atoms with Crippen molar-refractivity contribution in [1.29, 1.82) is 0 Å². The van der Waals surface area contributed by atoms with E-state index in [2.05, 4.69) is 25.8 Å². The first kappa shape index (κ1) is 13.2. The number of hydrogen-bond donors (Lipinski definition) is 0. The SMILES string of the molecule is c1ccc2oc(N3CCC(n4cnc5c4CCCC5)C3)nc2c1. The van der Waals surface area contributed by atoms with Crippen LogP contribution in [0.5, 0.6) is 0 Å². The van der Waals surface area contributed by atoms with Crippen LogP contribution in [0.15, 0.2) is 35.0 Å². The molecule has 0 saturated carbocycles. The van der Waals surface area contributed by atoms with Crippen LogP contribution in [0.3, 0.4) is 0 Å². The van der Waals surface area contributed by atoms with Crippen LogP contribution in [0.4, 0.5) is 6.01 Å². The molecule has 1 fully saturated rings. The van der Waals surface area contributed by atoms with E-state index in [1.165, 1.54) is 30.7 Å². The van der Waals surface area contributed by atoms with Gasteiger partial charge in [0.1, 0.15) is 5.52 Å². The van der Waals surface area contributed by atoms with Crippen LogP contribution in [0.25, 0.3) is 11.1 Å². The number of fused-ring (bicyclic) bond motifs is 2. The van der Waals surface area contributed by atoms with E-state index < -0.39 is 0 Å². The number of imidazole rings is 1. The average Bonchev–Trinajstić information content (AvgIpc) is 3.31. The molecule has 2 aromatic heterocycles. The second-order valence-electron chi connectivity index (χ2n) is 6.61. The van der Waals surface area contributed by atoms with E-state index in [-0.39, 0.29) is 0 Å². The number of nitrogens with zero attached hydrogens (tertiary/aromatic N) is 4. The van der Waals surface area contributed by atoms with Crippen molar-refractivity contribution in [2.75, 3.05) is 18.0 Å². The number of hydrogen-bond acceptors (Lipinski definition) is 4. The third-order valence-electron chi connectivity index (χ3n) is 5.17. The first-order valence-electron chi connectivity index (χ1n) is 8.53. The molecule has 1 saturated heterocycles. The molecule has 3 aromatic rings. The van der Waals surface area contributed by atoms with Gasteiger partial charge < -0.3 is 13.9 Å². The fraction of sp³-hybridized carbons (Fsp3) is 0.444. The van der Waals surface area contributed by atoms with Crippen molar-refractivity contribution < 1.29 is 4.42 Å². The summed E-state index contributed by atoms with van der Waals surface area (Å²) in [7, 11) is 0. The van der Waals surface area contributed by atoms with Gasteiger partial charge in [-0.3, -0.25) is 0 Å². The lowest BCUT2D eigenvalue weighted by Gasteiger charge is -2.19. The predicted octanol–water partition coefficient (Wildman–Crippen LogP) is 3.35. The normalized spacial score (nSPS) is 21.0. The Balaban J connectivity index is 1.41. The quantitative estimate of drug-likeness (QED) is 0.728. The van der Waals surface area contributed by atoms with Gasteiger partial charge >= 0.3 is 0 Å². The molecule has 2 aliphatic rings. The molecule has 0 amide bonds. The zero-order chi connectivity index (χ0) is 15.2. The molecule has 1 aromatic carbocycles. The summed E-state index contributed by atoms with van der Waals surface area (Å²) < 4.78 is 8.33. The average molecular weight is 308 g/mol. The molecule has 1 atom stereocenters. The van der Waals surface area contributed by atoms with Crippen LogP contribution in [-0.2, 0) is 12.8 Å². The number of aromatic nitrogens is 3. The van der Waals surface area contributed by atoms with Crippen molar-refractivity contribution in [2.24, 2.45) is 0 Å². The lowest BCUT2D eigenvalue weighted by atomic mass is 10.0. The molecule has 5 heteroatoms. The molecule has 1 unspecified atom stereocenters. The lowest BCUT2D eigenvalue weighted by molar-refractivity contribution is 0.510. The molecule has 1 aliphatic heterocycles. The maximum absolute atomic E-state index is 5.92. The summed E-state index contributed by atoms with van der Waals surface area (Å²) in [5, 5.41) is 0. The lowest BCUT2D eigenvalue weighted by Crippen LogP contribution is -2.22. The van der Waals surface area contributed by atoms with Gasteiger partial charge in [-0.2, -0.15) is 4.98 Å². The Morgan fingerprint density at radius 1 is 1.13 bits per heavy atom. The summed E-state index contributed by atoms with van der Waals surface area (Å²) in [4.78, 5) is 11.5. The van der Waals surface area contributed by atoms with Crippen LogP contribution in [0, 0.1) is 0 Å². The van der Waals surface area contributed by atoms with E-state index in [1.54, 1.807) is 0 Å².